The van der Waals surface area contributed by atoms with E-state index in [0.29, 0.717) is 23.8 Å². The van der Waals surface area contributed by atoms with Crippen LogP contribution in [0.1, 0.15) is 19.4 Å². The largest absolute Gasteiger partial charge is 0.495 e. The molecule has 3 aromatic rings. The zero-order valence-corrected chi connectivity index (χ0v) is 20.3. The van der Waals surface area contributed by atoms with E-state index < -0.39 is 22.0 Å². The van der Waals surface area contributed by atoms with Crippen molar-refractivity contribution in [3.8, 4) is 17.2 Å². The summed E-state index contributed by atoms with van der Waals surface area (Å²) < 4.78 is 45.0. The number of carbonyl (C=O) groups excluding carboxylic acids is 1. The summed E-state index contributed by atoms with van der Waals surface area (Å²) in [6, 6.07) is 18.3. The van der Waals surface area contributed by atoms with Gasteiger partial charge in [0, 0.05) is 11.4 Å². The molecule has 2 N–H and O–H groups in total. The second kappa shape index (κ2) is 10.9. The number of hydrogen-bond acceptors (Lipinski definition) is 6. The molecule has 34 heavy (non-hydrogen) atoms. The van der Waals surface area contributed by atoms with E-state index in [2.05, 4.69) is 10.0 Å². The highest BCUT2D eigenvalue weighted by molar-refractivity contribution is 7.92. The molecule has 0 saturated heterocycles. The van der Waals surface area contributed by atoms with E-state index in [9.17, 15) is 13.2 Å². The Morgan fingerprint density at radius 1 is 0.941 bits per heavy atom. The van der Waals surface area contributed by atoms with Crippen LogP contribution in [0.25, 0.3) is 0 Å². The molecule has 3 aromatic carbocycles. The molecule has 0 aliphatic heterocycles. The molecule has 0 aliphatic carbocycles. The van der Waals surface area contributed by atoms with E-state index in [1.807, 2.05) is 26.0 Å². The van der Waals surface area contributed by atoms with Gasteiger partial charge in [0.1, 0.15) is 22.1 Å². The topological polar surface area (TPSA) is 103 Å². The number of nitrogens with one attached hydrogen (secondary N) is 2. The number of anilines is 2. The quantitative estimate of drug-likeness (QED) is 0.436. The van der Waals surface area contributed by atoms with Gasteiger partial charge in [-0.1, -0.05) is 17.7 Å². The third-order valence-corrected chi connectivity index (χ3v) is 6.24. The second-order valence-corrected chi connectivity index (χ2v) is 9.14. The fourth-order valence-corrected chi connectivity index (χ4v) is 4.33. The van der Waals surface area contributed by atoms with Crippen LogP contribution >= 0.6 is 0 Å². The van der Waals surface area contributed by atoms with Crippen LogP contribution in [-0.4, -0.2) is 34.1 Å². The Morgan fingerprint density at radius 2 is 1.56 bits per heavy atom. The number of benzene rings is 3. The van der Waals surface area contributed by atoms with Gasteiger partial charge in [-0.3, -0.25) is 9.52 Å². The molecule has 0 saturated carbocycles. The molecule has 0 aromatic heterocycles. The van der Waals surface area contributed by atoms with Crippen molar-refractivity contribution in [1.82, 2.24) is 0 Å². The van der Waals surface area contributed by atoms with Crippen molar-refractivity contribution in [2.24, 2.45) is 0 Å². The molecule has 9 heteroatoms. The number of hydrogen-bond donors (Lipinski definition) is 2. The molecule has 0 radical (unpaired) electrons. The van der Waals surface area contributed by atoms with Crippen LogP contribution in [0.5, 0.6) is 17.2 Å². The Labute approximate surface area is 199 Å². The summed E-state index contributed by atoms with van der Waals surface area (Å²) in [5.41, 5.74) is 1.73. The van der Waals surface area contributed by atoms with Gasteiger partial charge in [0.05, 0.1) is 13.7 Å². The molecule has 0 aliphatic rings. The molecule has 1 unspecified atom stereocenters. The van der Waals surface area contributed by atoms with Gasteiger partial charge in [-0.2, -0.15) is 0 Å². The lowest BCUT2D eigenvalue weighted by molar-refractivity contribution is -0.122. The first-order chi connectivity index (χ1) is 16.2. The molecular formula is C25H28N2O6S. The Morgan fingerprint density at radius 3 is 2.18 bits per heavy atom. The molecule has 1 atom stereocenters. The summed E-state index contributed by atoms with van der Waals surface area (Å²) in [5.74, 6) is 0.912. The van der Waals surface area contributed by atoms with Crippen molar-refractivity contribution < 1.29 is 27.4 Å². The molecule has 8 nitrogen and oxygen atoms in total. The molecule has 0 heterocycles. The fourth-order valence-electron chi connectivity index (χ4n) is 3.08. The highest BCUT2D eigenvalue weighted by Crippen LogP contribution is 2.29. The number of amides is 1. The summed E-state index contributed by atoms with van der Waals surface area (Å²) >= 11 is 0. The van der Waals surface area contributed by atoms with Crippen LogP contribution in [0.2, 0.25) is 0 Å². The maximum atomic E-state index is 13.1. The Hall–Kier alpha value is -3.72. The first-order valence-electron chi connectivity index (χ1n) is 10.7. The van der Waals surface area contributed by atoms with E-state index in [1.165, 1.54) is 19.2 Å². The number of rotatable bonds is 10. The van der Waals surface area contributed by atoms with Crippen LogP contribution in [0.3, 0.4) is 0 Å². The summed E-state index contributed by atoms with van der Waals surface area (Å²) in [4.78, 5) is 12.5. The minimum Gasteiger partial charge on any atom is -0.495 e. The average molecular weight is 485 g/mol. The predicted octanol–water partition coefficient (Wildman–Crippen LogP) is 4.61. The fraction of sp³-hybridized carbons (Fsp3) is 0.240. The molecule has 1 amide bonds. The Kier molecular flexibility index (Phi) is 8.01. The first kappa shape index (κ1) is 24.9. The van der Waals surface area contributed by atoms with Crippen LogP contribution in [-0.2, 0) is 14.8 Å². The third kappa shape index (κ3) is 6.41. The number of carbonyl (C=O) groups is 1. The van der Waals surface area contributed by atoms with Crippen LogP contribution in [0.4, 0.5) is 11.4 Å². The van der Waals surface area contributed by atoms with Crippen LogP contribution < -0.4 is 24.2 Å². The van der Waals surface area contributed by atoms with Crippen molar-refractivity contribution in [3.05, 3.63) is 72.3 Å². The maximum Gasteiger partial charge on any atom is 0.265 e. The monoisotopic (exact) mass is 484 g/mol. The van der Waals surface area contributed by atoms with Crippen molar-refractivity contribution in [2.45, 2.75) is 31.8 Å². The lowest BCUT2D eigenvalue weighted by atomic mass is 10.2. The van der Waals surface area contributed by atoms with Gasteiger partial charge in [-0.25, -0.2) is 8.42 Å². The standard InChI is InChI=1S/C25H28N2O6S/c1-5-32-21-13-8-19(9-14-21)27-34(29,30)24-16-20(10-15-23(24)31-4)26-25(28)18(3)33-22-11-6-17(2)7-12-22/h6-16,18,27H,5H2,1-4H3,(H,26,28). The zero-order valence-electron chi connectivity index (χ0n) is 19.5. The van der Waals surface area contributed by atoms with Crippen molar-refractivity contribution >= 4 is 27.3 Å². The van der Waals surface area contributed by atoms with E-state index in [4.69, 9.17) is 14.2 Å². The van der Waals surface area contributed by atoms with Gasteiger partial charge >= 0.3 is 0 Å². The van der Waals surface area contributed by atoms with E-state index >= 15 is 0 Å². The lowest BCUT2D eigenvalue weighted by Crippen LogP contribution is -2.30. The molecule has 0 bridgehead atoms. The smallest absolute Gasteiger partial charge is 0.265 e. The number of aryl methyl sites for hydroxylation is 1. The predicted molar refractivity (Wildman–Crippen MR) is 131 cm³/mol. The Bertz CT molecular complexity index is 1230. The number of ether oxygens (including phenoxy) is 3. The molecule has 3 rings (SSSR count). The van der Waals surface area contributed by atoms with Gasteiger partial charge in [0.15, 0.2) is 6.10 Å². The minimum atomic E-state index is -4.01. The first-order valence-corrected chi connectivity index (χ1v) is 12.2. The van der Waals surface area contributed by atoms with Crippen molar-refractivity contribution in [2.75, 3.05) is 23.8 Å². The summed E-state index contributed by atoms with van der Waals surface area (Å²) in [5, 5.41) is 2.69. The summed E-state index contributed by atoms with van der Waals surface area (Å²) in [6.07, 6.45) is -0.799. The number of methoxy groups -OCH3 is 1. The zero-order chi connectivity index (χ0) is 24.7. The summed E-state index contributed by atoms with van der Waals surface area (Å²) in [7, 11) is -2.63. The number of sulfonamides is 1. The van der Waals surface area contributed by atoms with Gasteiger partial charge < -0.3 is 19.5 Å². The van der Waals surface area contributed by atoms with Crippen LogP contribution in [0, 0.1) is 6.92 Å². The van der Waals surface area contributed by atoms with E-state index in [-0.39, 0.29) is 16.3 Å². The molecular weight excluding hydrogens is 456 g/mol. The lowest BCUT2D eigenvalue weighted by Gasteiger charge is -2.17. The second-order valence-electron chi connectivity index (χ2n) is 7.49. The third-order valence-electron chi connectivity index (χ3n) is 4.84. The summed E-state index contributed by atoms with van der Waals surface area (Å²) in [6.45, 7) is 5.95. The average Bonchev–Trinajstić information content (AvgIpc) is 2.81. The Balaban J connectivity index is 1.76. The van der Waals surface area contributed by atoms with Gasteiger partial charge in [0.2, 0.25) is 0 Å². The molecule has 0 fully saturated rings. The SMILES string of the molecule is CCOc1ccc(NS(=O)(=O)c2cc(NC(=O)C(C)Oc3ccc(C)cc3)ccc2OC)cc1. The van der Waals surface area contributed by atoms with Crippen LogP contribution in [0.15, 0.2) is 71.6 Å². The van der Waals surface area contributed by atoms with Gasteiger partial charge in [-0.05, 0) is 75.4 Å². The van der Waals surface area contributed by atoms with E-state index in [0.717, 1.165) is 5.56 Å². The van der Waals surface area contributed by atoms with E-state index in [1.54, 1.807) is 49.4 Å². The van der Waals surface area contributed by atoms with Crippen molar-refractivity contribution in [3.63, 3.8) is 0 Å². The van der Waals surface area contributed by atoms with Crippen molar-refractivity contribution in [1.29, 1.82) is 0 Å². The maximum absolute atomic E-state index is 13.1. The highest BCUT2D eigenvalue weighted by atomic mass is 32.2. The molecule has 0 spiro atoms. The van der Waals surface area contributed by atoms with Gasteiger partial charge in [-0.15, -0.1) is 0 Å². The van der Waals surface area contributed by atoms with Gasteiger partial charge in [0.25, 0.3) is 15.9 Å². The molecule has 180 valence electrons. The normalized spacial score (nSPS) is 11.9. The minimum absolute atomic E-state index is 0.117. The highest BCUT2D eigenvalue weighted by Gasteiger charge is 2.22.